The molecule has 4 nitrogen and oxygen atoms in total. The van der Waals surface area contributed by atoms with Gasteiger partial charge in [-0.1, -0.05) is 25.1 Å². The minimum absolute atomic E-state index is 0.0226. The number of amides is 1. The van der Waals surface area contributed by atoms with Crippen molar-refractivity contribution in [2.24, 2.45) is 11.7 Å². The molecule has 0 aliphatic rings. The van der Waals surface area contributed by atoms with Crippen molar-refractivity contribution >= 4 is 11.6 Å². The summed E-state index contributed by atoms with van der Waals surface area (Å²) in [6, 6.07) is 11.5. The lowest BCUT2D eigenvalue weighted by Gasteiger charge is -2.23. The molecule has 0 heterocycles. The van der Waals surface area contributed by atoms with E-state index in [-0.39, 0.29) is 11.8 Å². The van der Waals surface area contributed by atoms with E-state index in [9.17, 15) is 4.79 Å². The van der Waals surface area contributed by atoms with E-state index in [0.717, 1.165) is 5.69 Å². The molecule has 1 rings (SSSR count). The average molecular weight is 245 g/mol. The second-order valence-electron chi connectivity index (χ2n) is 4.33. The highest BCUT2D eigenvalue weighted by molar-refractivity contribution is 5.93. The molecule has 0 fully saturated rings. The van der Waals surface area contributed by atoms with E-state index in [1.165, 1.54) is 0 Å². The van der Waals surface area contributed by atoms with E-state index in [4.69, 9.17) is 11.0 Å². The van der Waals surface area contributed by atoms with Crippen LogP contribution in [0.15, 0.2) is 30.3 Å². The average Bonchev–Trinajstić information content (AvgIpc) is 2.40. The molecule has 1 unspecified atom stereocenters. The van der Waals surface area contributed by atoms with Gasteiger partial charge in [0.2, 0.25) is 5.91 Å². The van der Waals surface area contributed by atoms with E-state index in [2.05, 4.69) is 6.07 Å². The summed E-state index contributed by atoms with van der Waals surface area (Å²) in [6.07, 6.45) is 0.745. The van der Waals surface area contributed by atoms with Crippen LogP contribution in [-0.2, 0) is 4.79 Å². The normalized spacial score (nSPS) is 11.6. The van der Waals surface area contributed by atoms with Gasteiger partial charge in [-0.25, -0.2) is 0 Å². The Morgan fingerprint density at radius 3 is 2.67 bits per heavy atom. The number of carbonyl (C=O) groups excluding carboxylic acids is 1. The Morgan fingerprint density at radius 2 is 2.11 bits per heavy atom. The molecule has 0 bridgehead atoms. The highest BCUT2D eigenvalue weighted by atomic mass is 16.2. The minimum Gasteiger partial charge on any atom is -0.330 e. The van der Waals surface area contributed by atoms with E-state index >= 15 is 0 Å². The number of benzene rings is 1. The van der Waals surface area contributed by atoms with Gasteiger partial charge < -0.3 is 10.6 Å². The number of rotatable bonds is 6. The number of nitrogens with zero attached hydrogens (tertiary/aromatic N) is 2. The number of nitrogens with two attached hydrogens (primary N) is 1. The van der Waals surface area contributed by atoms with Gasteiger partial charge in [0.1, 0.15) is 0 Å². The molecule has 1 aromatic carbocycles. The Morgan fingerprint density at radius 1 is 1.44 bits per heavy atom. The Balaban J connectivity index is 2.79. The Bertz CT molecular complexity index is 411. The van der Waals surface area contributed by atoms with Gasteiger partial charge in [0.25, 0.3) is 0 Å². The molecule has 96 valence electrons. The third-order valence-corrected chi connectivity index (χ3v) is 2.74. The molecule has 0 spiro atoms. The number of carbonyl (C=O) groups is 1. The Labute approximate surface area is 108 Å². The van der Waals surface area contributed by atoms with Crippen LogP contribution in [-0.4, -0.2) is 19.0 Å². The number of para-hydroxylation sites is 1. The number of hydrogen-bond acceptors (Lipinski definition) is 3. The summed E-state index contributed by atoms with van der Waals surface area (Å²) in [6.45, 7) is 2.87. The van der Waals surface area contributed by atoms with E-state index < -0.39 is 0 Å². The van der Waals surface area contributed by atoms with Crippen molar-refractivity contribution in [1.29, 1.82) is 5.26 Å². The maximum atomic E-state index is 12.2. The van der Waals surface area contributed by atoms with Crippen LogP contribution < -0.4 is 10.6 Å². The molecule has 1 aromatic rings. The lowest BCUT2D eigenvalue weighted by Crippen LogP contribution is -2.33. The van der Waals surface area contributed by atoms with Crippen molar-refractivity contribution < 1.29 is 4.79 Å². The quantitative estimate of drug-likeness (QED) is 0.832. The fourth-order valence-corrected chi connectivity index (χ4v) is 1.66. The monoisotopic (exact) mass is 245 g/mol. The van der Waals surface area contributed by atoms with E-state index in [1.54, 1.807) is 4.90 Å². The maximum Gasteiger partial charge on any atom is 0.227 e. The summed E-state index contributed by atoms with van der Waals surface area (Å²) in [4.78, 5) is 13.8. The van der Waals surface area contributed by atoms with Gasteiger partial charge in [-0.2, -0.15) is 5.26 Å². The molecule has 0 aliphatic carbocycles. The maximum absolute atomic E-state index is 12.2. The molecule has 0 saturated carbocycles. The zero-order valence-corrected chi connectivity index (χ0v) is 10.7. The first-order valence-electron chi connectivity index (χ1n) is 6.11. The van der Waals surface area contributed by atoms with Gasteiger partial charge in [0.15, 0.2) is 0 Å². The molecule has 1 amide bonds. The van der Waals surface area contributed by atoms with Gasteiger partial charge >= 0.3 is 0 Å². The summed E-state index contributed by atoms with van der Waals surface area (Å²) in [5.41, 5.74) is 6.37. The molecule has 1 atom stereocenters. The van der Waals surface area contributed by atoms with Crippen molar-refractivity contribution in [3.63, 3.8) is 0 Å². The van der Waals surface area contributed by atoms with Crippen LogP contribution in [0.3, 0.4) is 0 Å². The molecule has 0 aliphatic heterocycles. The van der Waals surface area contributed by atoms with Crippen LogP contribution in [0.2, 0.25) is 0 Å². The van der Waals surface area contributed by atoms with Gasteiger partial charge in [0.05, 0.1) is 12.5 Å². The van der Waals surface area contributed by atoms with Crippen molar-refractivity contribution in [3.8, 4) is 6.07 Å². The fraction of sp³-hybridized carbons (Fsp3) is 0.429. The standard InChI is InChI=1S/C14H19N3O/c1-12(11-16)10-14(18)17(9-5-8-15)13-6-3-2-4-7-13/h2-4,6-7,12H,5,9-11,16H2,1H3. The molecule has 4 heteroatoms. The predicted octanol–water partition coefficient (Wildman–Crippen LogP) is 1.92. The lowest BCUT2D eigenvalue weighted by molar-refractivity contribution is -0.119. The van der Waals surface area contributed by atoms with Gasteiger partial charge in [-0.05, 0) is 24.6 Å². The highest BCUT2D eigenvalue weighted by Gasteiger charge is 2.17. The molecular formula is C14H19N3O. The predicted molar refractivity (Wildman–Crippen MR) is 71.9 cm³/mol. The Hall–Kier alpha value is -1.86. The lowest BCUT2D eigenvalue weighted by atomic mass is 10.1. The van der Waals surface area contributed by atoms with Crippen LogP contribution in [0.25, 0.3) is 0 Å². The van der Waals surface area contributed by atoms with Crippen molar-refractivity contribution in [3.05, 3.63) is 30.3 Å². The van der Waals surface area contributed by atoms with Crippen LogP contribution >= 0.6 is 0 Å². The van der Waals surface area contributed by atoms with Crippen LogP contribution in [0.4, 0.5) is 5.69 Å². The fourth-order valence-electron chi connectivity index (χ4n) is 1.66. The van der Waals surface area contributed by atoms with Crippen molar-refractivity contribution in [2.75, 3.05) is 18.0 Å². The van der Waals surface area contributed by atoms with Gasteiger partial charge in [-0.3, -0.25) is 4.79 Å². The minimum atomic E-state index is 0.0226. The molecule has 0 aromatic heterocycles. The molecule has 2 N–H and O–H groups in total. The topological polar surface area (TPSA) is 70.1 Å². The highest BCUT2D eigenvalue weighted by Crippen LogP contribution is 2.16. The summed E-state index contributed by atoms with van der Waals surface area (Å²) < 4.78 is 0. The number of nitriles is 1. The van der Waals surface area contributed by atoms with Crippen molar-refractivity contribution in [2.45, 2.75) is 19.8 Å². The van der Waals surface area contributed by atoms with Crippen LogP contribution in [0.5, 0.6) is 0 Å². The van der Waals surface area contributed by atoms with Crippen LogP contribution in [0.1, 0.15) is 19.8 Å². The first-order valence-corrected chi connectivity index (χ1v) is 6.11. The SMILES string of the molecule is CC(CN)CC(=O)N(CCC#N)c1ccccc1. The third kappa shape index (κ3) is 4.19. The second-order valence-corrected chi connectivity index (χ2v) is 4.33. The van der Waals surface area contributed by atoms with Gasteiger partial charge in [0, 0.05) is 18.7 Å². The zero-order valence-electron chi connectivity index (χ0n) is 10.7. The summed E-state index contributed by atoms with van der Waals surface area (Å²) in [7, 11) is 0. The largest absolute Gasteiger partial charge is 0.330 e. The second kappa shape index (κ2) is 7.46. The molecule has 0 radical (unpaired) electrons. The molecule has 18 heavy (non-hydrogen) atoms. The smallest absolute Gasteiger partial charge is 0.227 e. The first kappa shape index (κ1) is 14.2. The van der Waals surface area contributed by atoms with Gasteiger partial charge in [-0.15, -0.1) is 0 Å². The molecular weight excluding hydrogens is 226 g/mol. The van der Waals surface area contributed by atoms with Crippen molar-refractivity contribution in [1.82, 2.24) is 0 Å². The third-order valence-electron chi connectivity index (χ3n) is 2.74. The first-order chi connectivity index (χ1) is 8.69. The molecule has 0 saturated heterocycles. The Kier molecular flexibility index (Phi) is 5.89. The number of anilines is 1. The summed E-state index contributed by atoms with van der Waals surface area (Å²) >= 11 is 0. The summed E-state index contributed by atoms with van der Waals surface area (Å²) in [5, 5.41) is 8.66. The van der Waals surface area contributed by atoms with Crippen LogP contribution in [0, 0.1) is 17.2 Å². The van der Waals surface area contributed by atoms with E-state index in [1.807, 2.05) is 37.3 Å². The number of hydrogen-bond donors (Lipinski definition) is 1. The van der Waals surface area contributed by atoms with E-state index in [0.29, 0.717) is 25.9 Å². The zero-order chi connectivity index (χ0) is 13.4. The summed E-state index contributed by atoms with van der Waals surface area (Å²) in [5.74, 6) is 0.181.